The predicted octanol–water partition coefficient (Wildman–Crippen LogP) is 2.13. The van der Waals surface area contributed by atoms with E-state index in [0.717, 1.165) is 6.08 Å². The molecule has 2 N–H and O–H groups in total. The Kier molecular flexibility index (Phi) is 4.18. The van der Waals surface area contributed by atoms with E-state index in [1.54, 1.807) is 18.2 Å². The third-order valence-electron chi connectivity index (χ3n) is 2.75. The van der Waals surface area contributed by atoms with Crippen LogP contribution in [0.2, 0.25) is 0 Å². The van der Waals surface area contributed by atoms with Crippen LogP contribution in [-0.2, 0) is 14.6 Å². The summed E-state index contributed by atoms with van der Waals surface area (Å²) in [4.78, 5) is 10.9. The normalized spacial score (nSPS) is 12.1. The monoisotopic (exact) mass is 305 g/mol. The first-order valence-electron chi connectivity index (χ1n) is 5.98. The summed E-state index contributed by atoms with van der Waals surface area (Å²) in [5.41, 5.74) is 5.54. The van der Waals surface area contributed by atoms with Crippen molar-refractivity contribution in [2.24, 2.45) is 5.73 Å². The topological polar surface area (TPSA) is 77.2 Å². The summed E-state index contributed by atoms with van der Waals surface area (Å²) in [7, 11) is -4.02. The highest BCUT2D eigenvalue weighted by Crippen LogP contribution is 2.21. The Labute approximate surface area is 121 Å². The first-order valence-corrected chi connectivity index (χ1v) is 7.47. The van der Waals surface area contributed by atoms with Crippen molar-refractivity contribution in [2.45, 2.75) is 4.90 Å². The molecule has 0 unspecified atom stereocenters. The number of nitrogens with two attached hydrogens (primary N) is 1. The van der Waals surface area contributed by atoms with Crippen LogP contribution >= 0.6 is 0 Å². The summed E-state index contributed by atoms with van der Waals surface area (Å²) in [5, 5.41) is 0. The molecule has 108 valence electrons. The van der Waals surface area contributed by atoms with Crippen molar-refractivity contribution in [2.75, 3.05) is 0 Å². The Balaban J connectivity index is 2.54. The molecule has 4 nitrogen and oxygen atoms in total. The molecule has 0 radical (unpaired) electrons. The fraction of sp³-hybridized carbons (Fsp3) is 0. The third kappa shape index (κ3) is 3.35. The van der Waals surface area contributed by atoms with Gasteiger partial charge in [-0.25, -0.2) is 12.8 Å². The maximum Gasteiger partial charge on any atom is 0.260 e. The molecule has 2 aromatic carbocycles. The summed E-state index contributed by atoms with van der Waals surface area (Å²) in [6.07, 6.45) is 1.13. The molecule has 0 aliphatic heterocycles. The van der Waals surface area contributed by atoms with Gasteiger partial charge in [-0.15, -0.1) is 0 Å². The maximum atomic E-state index is 12.9. The highest BCUT2D eigenvalue weighted by Gasteiger charge is 2.24. The number of carbonyl (C=O) groups excluding carboxylic acids is 1. The highest BCUT2D eigenvalue weighted by molar-refractivity contribution is 7.96. The molecular formula is C15H12FNO3S. The van der Waals surface area contributed by atoms with Crippen molar-refractivity contribution in [3.05, 3.63) is 70.9 Å². The molecular weight excluding hydrogens is 293 g/mol. The number of benzene rings is 2. The van der Waals surface area contributed by atoms with E-state index in [-0.39, 0.29) is 4.90 Å². The predicted molar refractivity (Wildman–Crippen MR) is 77.2 cm³/mol. The van der Waals surface area contributed by atoms with Gasteiger partial charge in [0, 0.05) is 0 Å². The maximum absolute atomic E-state index is 12.9. The fourth-order valence-corrected chi connectivity index (χ4v) is 3.04. The van der Waals surface area contributed by atoms with Crippen molar-refractivity contribution < 1.29 is 17.6 Å². The second kappa shape index (κ2) is 5.88. The third-order valence-corrected chi connectivity index (χ3v) is 4.54. The minimum Gasteiger partial charge on any atom is -0.365 e. The van der Waals surface area contributed by atoms with Gasteiger partial charge in [0.25, 0.3) is 5.91 Å². The van der Waals surface area contributed by atoms with Gasteiger partial charge in [0.15, 0.2) is 0 Å². The molecule has 0 aliphatic rings. The summed E-state index contributed by atoms with van der Waals surface area (Å²) in [5.74, 6) is -1.53. The highest BCUT2D eigenvalue weighted by atomic mass is 32.2. The van der Waals surface area contributed by atoms with Gasteiger partial charge in [-0.2, -0.15) is 0 Å². The second-order valence-electron chi connectivity index (χ2n) is 4.24. The largest absolute Gasteiger partial charge is 0.365 e. The molecule has 0 aliphatic carbocycles. The Bertz CT molecular complexity index is 781. The lowest BCUT2D eigenvalue weighted by atomic mass is 10.2. The molecule has 0 heterocycles. The molecule has 2 aromatic rings. The van der Waals surface area contributed by atoms with Gasteiger partial charge in [-0.05, 0) is 35.9 Å². The van der Waals surface area contributed by atoms with Gasteiger partial charge in [0.1, 0.15) is 10.7 Å². The first kappa shape index (κ1) is 14.9. The van der Waals surface area contributed by atoms with Crippen molar-refractivity contribution in [3.63, 3.8) is 0 Å². The van der Waals surface area contributed by atoms with E-state index in [4.69, 9.17) is 5.73 Å². The average molecular weight is 305 g/mol. The molecule has 21 heavy (non-hydrogen) atoms. The fourth-order valence-electron chi connectivity index (χ4n) is 1.72. The SMILES string of the molecule is NC(=O)/C(=C/c1ccc(F)cc1)S(=O)(=O)c1ccccc1. The molecule has 0 atom stereocenters. The van der Waals surface area contributed by atoms with Gasteiger partial charge in [0.2, 0.25) is 9.84 Å². The zero-order chi connectivity index (χ0) is 15.5. The summed E-state index contributed by atoms with van der Waals surface area (Å²) < 4.78 is 37.7. The van der Waals surface area contributed by atoms with Crippen LogP contribution in [0.5, 0.6) is 0 Å². The molecule has 0 bridgehead atoms. The van der Waals surface area contributed by atoms with Crippen LogP contribution in [0.15, 0.2) is 64.4 Å². The molecule has 0 fully saturated rings. The van der Waals surface area contributed by atoms with E-state index >= 15 is 0 Å². The van der Waals surface area contributed by atoms with E-state index in [2.05, 4.69) is 0 Å². The summed E-state index contributed by atoms with van der Waals surface area (Å²) in [6.45, 7) is 0. The molecule has 6 heteroatoms. The van der Waals surface area contributed by atoms with E-state index in [9.17, 15) is 17.6 Å². The van der Waals surface area contributed by atoms with Gasteiger partial charge in [-0.3, -0.25) is 4.79 Å². The number of hydrogen-bond donors (Lipinski definition) is 1. The van der Waals surface area contributed by atoms with Crippen LogP contribution < -0.4 is 5.73 Å². The number of carbonyl (C=O) groups is 1. The van der Waals surface area contributed by atoms with E-state index in [0.29, 0.717) is 5.56 Å². The Morgan fingerprint density at radius 1 is 1.00 bits per heavy atom. The molecule has 0 saturated carbocycles. The average Bonchev–Trinajstić information content (AvgIpc) is 2.47. The second-order valence-corrected chi connectivity index (χ2v) is 6.16. The lowest BCUT2D eigenvalue weighted by molar-refractivity contribution is -0.113. The minimum atomic E-state index is -4.02. The number of rotatable bonds is 4. The number of halogens is 1. The number of primary amides is 1. The summed E-state index contributed by atoms with van der Waals surface area (Å²) >= 11 is 0. The Morgan fingerprint density at radius 3 is 2.10 bits per heavy atom. The van der Waals surface area contributed by atoms with Gasteiger partial charge in [0.05, 0.1) is 4.90 Å². The van der Waals surface area contributed by atoms with Crippen LogP contribution in [0.25, 0.3) is 6.08 Å². The van der Waals surface area contributed by atoms with Gasteiger partial charge >= 0.3 is 0 Å². The smallest absolute Gasteiger partial charge is 0.260 e. The van der Waals surface area contributed by atoms with Crippen molar-refractivity contribution in [1.29, 1.82) is 0 Å². The van der Waals surface area contributed by atoms with Crippen LogP contribution in [0.3, 0.4) is 0 Å². The zero-order valence-corrected chi connectivity index (χ0v) is 11.7. The standard InChI is InChI=1S/C15H12FNO3S/c16-12-8-6-11(7-9-12)10-14(15(17)18)21(19,20)13-4-2-1-3-5-13/h1-10H,(H2,17,18)/b14-10-. The lowest BCUT2D eigenvalue weighted by Gasteiger charge is -2.06. The molecule has 1 amide bonds. The molecule has 2 rings (SSSR count). The van der Waals surface area contributed by atoms with Crippen molar-refractivity contribution >= 4 is 21.8 Å². The van der Waals surface area contributed by atoms with Gasteiger partial charge in [-0.1, -0.05) is 30.3 Å². The Morgan fingerprint density at radius 2 is 1.57 bits per heavy atom. The van der Waals surface area contributed by atoms with E-state index in [1.807, 2.05) is 0 Å². The van der Waals surface area contributed by atoms with Crippen molar-refractivity contribution in [1.82, 2.24) is 0 Å². The lowest BCUT2D eigenvalue weighted by Crippen LogP contribution is -2.21. The van der Waals surface area contributed by atoms with Crippen LogP contribution in [0.1, 0.15) is 5.56 Å². The molecule has 0 spiro atoms. The zero-order valence-electron chi connectivity index (χ0n) is 10.9. The van der Waals surface area contributed by atoms with Crippen molar-refractivity contribution in [3.8, 4) is 0 Å². The van der Waals surface area contributed by atoms with E-state index in [1.165, 1.54) is 36.4 Å². The van der Waals surface area contributed by atoms with Crippen LogP contribution in [-0.4, -0.2) is 14.3 Å². The number of hydrogen-bond acceptors (Lipinski definition) is 3. The van der Waals surface area contributed by atoms with E-state index < -0.39 is 26.5 Å². The molecule has 0 aromatic heterocycles. The van der Waals surface area contributed by atoms with Crippen LogP contribution in [0.4, 0.5) is 4.39 Å². The first-order chi connectivity index (χ1) is 9.91. The Hall–Kier alpha value is -2.47. The quantitative estimate of drug-likeness (QED) is 0.879. The number of amides is 1. The number of sulfone groups is 1. The van der Waals surface area contributed by atoms with Gasteiger partial charge < -0.3 is 5.73 Å². The molecule has 0 saturated heterocycles. The minimum absolute atomic E-state index is 0.0304. The summed E-state index contributed by atoms with van der Waals surface area (Å²) in [6, 6.07) is 12.5. The van der Waals surface area contributed by atoms with Crippen LogP contribution in [0, 0.1) is 5.82 Å².